The summed E-state index contributed by atoms with van der Waals surface area (Å²) in [6, 6.07) is 0. The molecule has 0 atom stereocenters. The fourth-order valence-electron chi connectivity index (χ4n) is 0. The normalized spacial score (nSPS) is 3.00. The molecule has 0 heterocycles. The summed E-state index contributed by atoms with van der Waals surface area (Å²) < 4.78 is 16.8. The van der Waals surface area contributed by atoms with Gasteiger partial charge in [-0.15, -0.1) is 0 Å². The molecule has 0 aliphatic heterocycles. The van der Waals surface area contributed by atoms with E-state index in [0.717, 1.165) is 0 Å². The predicted molar refractivity (Wildman–Crippen MR) is 1.37 cm³/mol. The first-order valence-electron chi connectivity index (χ1n) is 0.309. The van der Waals surface area contributed by atoms with Crippen molar-refractivity contribution in [2.75, 3.05) is 0 Å². The Kier molecular flexibility index (Phi) is 26.1. The zero-order valence-electron chi connectivity index (χ0n) is 1.57. The Morgan fingerprint density at radius 2 is 1.25 bits per heavy atom. The molecular weight excluding hydrogens is 106 g/mol. The van der Waals surface area contributed by atoms with Gasteiger partial charge in [-0.05, 0) is 0 Å². The van der Waals surface area contributed by atoms with Crippen LogP contribution in [0.2, 0.25) is 0 Å². The summed E-state index contributed by atoms with van der Waals surface area (Å²) in [5.74, 6) is 0. The molecule has 4 heteroatoms. The van der Waals surface area contributed by atoms with Crippen molar-refractivity contribution in [2.24, 2.45) is 0 Å². The van der Waals surface area contributed by atoms with E-state index in [1.54, 1.807) is 0 Å². The van der Waals surface area contributed by atoms with Crippen LogP contribution in [0.3, 0.4) is 0 Å². The van der Waals surface area contributed by atoms with Gasteiger partial charge in [-0.1, -0.05) is 0 Å². The van der Waals surface area contributed by atoms with Gasteiger partial charge < -0.3 is 4.70 Å². The minimum atomic E-state index is -1.44. The van der Waals surface area contributed by atoms with Crippen molar-refractivity contribution in [1.29, 1.82) is 0 Å². The van der Waals surface area contributed by atoms with Crippen LogP contribution in [0.4, 0.5) is 0 Å². The fourth-order valence-corrected chi connectivity index (χ4v) is 0. The van der Waals surface area contributed by atoms with Crippen LogP contribution in [0.1, 0.15) is 0 Å². The van der Waals surface area contributed by atoms with E-state index in [4.69, 9.17) is 7.67 Å². The van der Waals surface area contributed by atoms with Gasteiger partial charge in [-0.25, -0.2) is 0 Å². The van der Waals surface area contributed by atoms with E-state index in [-0.39, 0.29) is 4.70 Å². The Morgan fingerprint density at radius 1 is 1.25 bits per heavy atom. The van der Waals surface area contributed by atoms with Gasteiger partial charge in [0.15, 0.2) is 0 Å². The Bertz CT molecular complexity index is 27.0. The molecule has 2 nitrogen and oxygen atoms in total. The maximum absolute atomic E-state index is 8.41. The summed E-state index contributed by atoms with van der Waals surface area (Å²) in [7, 11) is 0. The summed E-state index contributed by atoms with van der Waals surface area (Å²) in [5, 5.41) is 0. The SMILES string of the molecule is [F-].[O]=[Mn+]=[O]. The molecule has 0 bridgehead atoms. The monoisotopic (exact) mass is 106 g/mol. The molecule has 0 spiro atoms. The van der Waals surface area contributed by atoms with Crippen LogP contribution < -0.4 is 4.70 Å². The molecule has 0 radical (unpaired) electrons. The van der Waals surface area contributed by atoms with Crippen molar-refractivity contribution in [1.82, 2.24) is 0 Å². The second-order valence-electron chi connectivity index (χ2n) is 0.0630. The first kappa shape index (κ1) is 8.97. The average molecular weight is 106 g/mol. The van der Waals surface area contributed by atoms with Gasteiger partial charge in [0.1, 0.15) is 0 Å². The number of hydrogen-bond acceptors (Lipinski definition) is 2. The first-order chi connectivity index (χ1) is 1.41. The Balaban J connectivity index is 0. The second-order valence-corrected chi connectivity index (χ2v) is 0.260. The molecule has 26 valence electrons. The van der Waals surface area contributed by atoms with E-state index in [2.05, 4.69) is 0 Å². The third-order valence-electron chi connectivity index (χ3n) is 0. The van der Waals surface area contributed by atoms with E-state index in [1.807, 2.05) is 0 Å². The summed E-state index contributed by atoms with van der Waals surface area (Å²) in [6.45, 7) is 0. The van der Waals surface area contributed by atoms with Crippen LogP contribution in [0.25, 0.3) is 0 Å². The molecule has 0 amide bonds. The topological polar surface area (TPSA) is 34.1 Å². The third kappa shape index (κ3) is 922. The fraction of sp³-hybridized carbons (Fsp3) is 0. The third-order valence-corrected chi connectivity index (χ3v) is 0. The van der Waals surface area contributed by atoms with Crippen molar-refractivity contribution in [3.05, 3.63) is 0 Å². The van der Waals surface area contributed by atoms with E-state index < -0.39 is 14.8 Å². The van der Waals surface area contributed by atoms with Gasteiger partial charge in [0.25, 0.3) is 0 Å². The van der Waals surface area contributed by atoms with Crippen LogP contribution in [-0.4, -0.2) is 0 Å². The van der Waals surface area contributed by atoms with Crippen molar-refractivity contribution >= 4 is 0 Å². The molecule has 0 rings (SSSR count). The van der Waals surface area contributed by atoms with Gasteiger partial charge in [-0.3, -0.25) is 0 Å². The van der Waals surface area contributed by atoms with Crippen LogP contribution in [0.15, 0.2) is 0 Å². The van der Waals surface area contributed by atoms with Gasteiger partial charge in [0.05, 0.1) is 0 Å². The van der Waals surface area contributed by atoms with Gasteiger partial charge in [-0.2, -0.15) is 0 Å². The summed E-state index contributed by atoms with van der Waals surface area (Å²) in [6.07, 6.45) is 0. The molecule has 0 aromatic carbocycles. The van der Waals surface area contributed by atoms with Crippen LogP contribution >= 0.6 is 0 Å². The van der Waals surface area contributed by atoms with E-state index in [0.29, 0.717) is 0 Å². The van der Waals surface area contributed by atoms with Crippen LogP contribution in [0.5, 0.6) is 0 Å². The van der Waals surface area contributed by atoms with Crippen LogP contribution in [0, 0.1) is 0 Å². The molecule has 0 aromatic rings. The van der Waals surface area contributed by atoms with Crippen LogP contribution in [-0.2, 0) is 22.5 Å². The molecule has 0 saturated heterocycles. The van der Waals surface area contributed by atoms with E-state index in [1.165, 1.54) is 0 Å². The molecule has 0 aliphatic carbocycles. The molecule has 4 heavy (non-hydrogen) atoms. The number of halogens is 1. The molecular formula is FMnO2. The molecule has 0 unspecified atom stereocenters. The molecule has 0 aromatic heterocycles. The van der Waals surface area contributed by atoms with E-state index in [9.17, 15) is 0 Å². The standard InChI is InChI=1S/FH.Mn.2O/h1H;;;/q;+1;;/p-1. The van der Waals surface area contributed by atoms with Crippen molar-refractivity contribution in [3.63, 3.8) is 0 Å². The second kappa shape index (κ2) is 11.6. The van der Waals surface area contributed by atoms with Crippen molar-refractivity contribution in [3.8, 4) is 0 Å². The summed E-state index contributed by atoms with van der Waals surface area (Å²) in [4.78, 5) is 0. The quantitative estimate of drug-likeness (QED) is 0.304. The summed E-state index contributed by atoms with van der Waals surface area (Å²) >= 11 is -1.44. The Hall–Kier alpha value is 0.0495. The average Bonchev–Trinajstić information content (AvgIpc) is 0.918. The van der Waals surface area contributed by atoms with Gasteiger partial charge in [0, 0.05) is 0 Å². The molecule has 0 fully saturated rings. The summed E-state index contributed by atoms with van der Waals surface area (Å²) in [5.41, 5.74) is 0. The molecule has 0 aliphatic rings. The zero-order valence-corrected chi connectivity index (χ0v) is 2.75. The Morgan fingerprint density at radius 3 is 1.25 bits per heavy atom. The molecule has 0 saturated carbocycles. The van der Waals surface area contributed by atoms with Crippen molar-refractivity contribution < 1.29 is 27.2 Å². The minimum absolute atomic E-state index is 0. The maximum atomic E-state index is 8.41. The van der Waals surface area contributed by atoms with Gasteiger partial charge >= 0.3 is 22.5 Å². The zero-order chi connectivity index (χ0) is 2.71. The number of hydrogen-bond donors (Lipinski definition) is 0. The number of rotatable bonds is 0. The Labute approximate surface area is 28.1 Å². The van der Waals surface area contributed by atoms with E-state index >= 15 is 0 Å². The predicted octanol–water partition coefficient (Wildman–Crippen LogP) is -3.24. The van der Waals surface area contributed by atoms with Gasteiger partial charge in [0.2, 0.25) is 0 Å². The first-order valence-corrected chi connectivity index (χ1v) is 1.27. The molecule has 0 N–H and O–H groups in total. The van der Waals surface area contributed by atoms with Crippen molar-refractivity contribution in [2.45, 2.75) is 0 Å².